The number of methoxy groups -OCH3 is 1. The summed E-state index contributed by atoms with van der Waals surface area (Å²) in [5.74, 6) is -3.13. The Bertz CT molecular complexity index is 1360. The molecule has 0 spiro atoms. The number of esters is 2. The Labute approximate surface area is 365 Å². The molecule has 0 radical (unpaired) electrons. The second-order valence-corrected chi connectivity index (χ2v) is 19.0. The minimum atomic E-state index is -1.89. The van der Waals surface area contributed by atoms with Crippen LogP contribution in [-0.2, 0) is 42.7 Å². The summed E-state index contributed by atoms with van der Waals surface area (Å²) in [6, 6.07) is -0.963. The summed E-state index contributed by atoms with van der Waals surface area (Å²) < 4.78 is 42.9. The van der Waals surface area contributed by atoms with E-state index < -0.39 is 96.0 Å². The summed E-state index contributed by atoms with van der Waals surface area (Å²) in [6.45, 7) is 21.2. The van der Waals surface area contributed by atoms with Crippen LogP contribution in [0.5, 0.6) is 0 Å². The highest BCUT2D eigenvalue weighted by Crippen LogP contribution is 2.40. The van der Waals surface area contributed by atoms with Gasteiger partial charge in [-0.3, -0.25) is 14.5 Å². The average molecular weight is 878 g/mol. The Kier molecular flexibility index (Phi) is 20.3. The van der Waals surface area contributed by atoms with Crippen LogP contribution in [0.2, 0.25) is 0 Å². The number of aliphatic hydroxyl groups excluding tert-OH is 3. The van der Waals surface area contributed by atoms with E-state index in [1.807, 2.05) is 44.7 Å². The van der Waals surface area contributed by atoms with Gasteiger partial charge in [0.05, 0.1) is 54.6 Å². The lowest BCUT2D eigenvalue weighted by atomic mass is 9.77. The van der Waals surface area contributed by atoms with E-state index in [1.54, 1.807) is 48.5 Å². The summed E-state index contributed by atoms with van der Waals surface area (Å²) in [5, 5.41) is 62.7. The van der Waals surface area contributed by atoms with Gasteiger partial charge in [0, 0.05) is 57.7 Å². The molecule has 3 rings (SSSR count). The number of hydrogen-bond acceptors (Lipinski definition) is 17. The number of carbonyl (C=O) groups is 2. The number of carbonyl (C=O) groups excluding carboxylic acids is 2. The molecule has 3 saturated heterocycles. The summed E-state index contributed by atoms with van der Waals surface area (Å²) >= 11 is 0. The molecule has 0 aromatic heterocycles. The first-order valence-corrected chi connectivity index (χ1v) is 22.5. The fraction of sp³-hybridized carbons (Fsp3) is 0.955. The van der Waals surface area contributed by atoms with Crippen molar-refractivity contribution in [3.63, 3.8) is 0 Å². The second-order valence-electron chi connectivity index (χ2n) is 19.0. The molecule has 0 saturated carbocycles. The SMILES string of the molecule is CCOC(=O)CCNCCN1C[C@H](C)C[C@@](C)(O)[C@H](O[C@@H]2O[C@H](C)C[C@H](N(C)C)[C@H]2O)[C@@H](C)[C@H](O[C@H]2C[C@@](C)(OC)[C@@H](O)[C@H](C)O2)[C@@H](C)C(=O)O[C@H](CC)[C@@](C)(O)[C@H](O)[C@H]1C. The molecule has 0 aliphatic carbocycles. The normalized spacial score (nSPS) is 43.9. The molecule has 0 aromatic carbocycles. The lowest BCUT2D eigenvalue weighted by Gasteiger charge is -2.48. The van der Waals surface area contributed by atoms with Gasteiger partial charge in [0.15, 0.2) is 12.6 Å². The van der Waals surface area contributed by atoms with E-state index in [-0.39, 0.29) is 49.7 Å². The van der Waals surface area contributed by atoms with E-state index in [1.165, 1.54) is 14.0 Å². The number of rotatable bonds is 14. The van der Waals surface area contributed by atoms with Crippen LogP contribution < -0.4 is 5.32 Å². The minimum Gasteiger partial charge on any atom is -0.466 e. The van der Waals surface area contributed by atoms with Crippen molar-refractivity contribution in [2.24, 2.45) is 17.8 Å². The number of hydrogen-bond donors (Lipinski definition) is 6. The zero-order valence-corrected chi connectivity index (χ0v) is 39.5. The fourth-order valence-electron chi connectivity index (χ4n) is 9.67. The number of likely N-dealkylation sites (N-methyl/N-ethyl adjacent to an activating group) is 1. The van der Waals surface area contributed by atoms with Crippen LogP contribution in [0, 0.1) is 17.8 Å². The van der Waals surface area contributed by atoms with Crippen LogP contribution in [0.15, 0.2) is 0 Å². The van der Waals surface area contributed by atoms with Crippen LogP contribution >= 0.6 is 0 Å². The lowest BCUT2D eigenvalue weighted by molar-refractivity contribution is -0.318. The van der Waals surface area contributed by atoms with E-state index in [4.69, 9.17) is 33.2 Å². The van der Waals surface area contributed by atoms with Gasteiger partial charge in [-0.1, -0.05) is 20.8 Å². The predicted molar refractivity (Wildman–Crippen MR) is 227 cm³/mol. The molecule has 3 aliphatic rings. The zero-order chi connectivity index (χ0) is 46.2. The maximum atomic E-state index is 14.4. The standard InChI is InChI=1S/C44H83N3O14/c1-15-32-44(11,54)37(50)29(7)47(20-19-45-18-17-33(48)56-16-2)24-25(3)22-42(9,53)39(61-41-35(49)31(46(12)13)21-26(4)57-41)27(5)36(28(6)40(52)59-32)60-34-23-43(10,55-14)38(51)30(8)58-34/h25-32,34-39,41,45,49-51,53-54H,15-24H2,1-14H3/t25-,26-,27+,28-,29-,30+,31+,32-,34+,35-,36+,37-,38+,39-,41+,42-,43-,44-/m1/s1. The third-order valence-corrected chi connectivity index (χ3v) is 13.4. The summed E-state index contributed by atoms with van der Waals surface area (Å²) in [6.07, 6.45) is -8.67. The largest absolute Gasteiger partial charge is 0.466 e. The summed E-state index contributed by atoms with van der Waals surface area (Å²) in [5.41, 5.74) is -4.58. The monoisotopic (exact) mass is 878 g/mol. The molecule has 0 aromatic rings. The van der Waals surface area contributed by atoms with Gasteiger partial charge in [-0.15, -0.1) is 0 Å². The Morgan fingerprint density at radius 3 is 2.20 bits per heavy atom. The first-order chi connectivity index (χ1) is 28.3. The van der Waals surface area contributed by atoms with Crippen LogP contribution in [-0.4, -0.2) is 192 Å². The molecule has 61 heavy (non-hydrogen) atoms. The van der Waals surface area contributed by atoms with Crippen molar-refractivity contribution in [3.8, 4) is 0 Å². The Morgan fingerprint density at radius 1 is 0.951 bits per heavy atom. The van der Waals surface area contributed by atoms with Crippen LogP contribution in [0.3, 0.4) is 0 Å². The van der Waals surface area contributed by atoms with Gasteiger partial charge in [-0.2, -0.15) is 0 Å². The second kappa shape index (κ2) is 23.0. The molecule has 0 bridgehead atoms. The van der Waals surface area contributed by atoms with E-state index in [9.17, 15) is 35.1 Å². The topological polar surface area (TPSA) is 218 Å². The van der Waals surface area contributed by atoms with Crippen molar-refractivity contribution in [3.05, 3.63) is 0 Å². The maximum Gasteiger partial charge on any atom is 0.311 e. The van der Waals surface area contributed by atoms with E-state index in [0.717, 1.165) is 0 Å². The quantitative estimate of drug-likeness (QED) is 0.108. The van der Waals surface area contributed by atoms with Crippen molar-refractivity contribution in [1.29, 1.82) is 0 Å². The number of nitrogens with one attached hydrogen (secondary N) is 1. The summed E-state index contributed by atoms with van der Waals surface area (Å²) in [4.78, 5) is 30.3. The first-order valence-electron chi connectivity index (χ1n) is 22.5. The molecule has 358 valence electrons. The van der Waals surface area contributed by atoms with Crippen molar-refractivity contribution < 1.29 is 68.3 Å². The lowest BCUT2D eigenvalue weighted by Crippen LogP contribution is -2.60. The van der Waals surface area contributed by atoms with E-state index in [2.05, 4.69) is 5.32 Å². The fourth-order valence-corrected chi connectivity index (χ4v) is 9.67. The van der Waals surface area contributed by atoms with Gasteiger partial charge in [-0.25, -0.2) is 0 Å². The van der Waals surface area contributed by atoms with Gasteiger partial charge in [0.2, 0.25) is 0 Å². The highest BCUT2D eigenvalue weighted by molar-refractivity contribution is 5.73. The van der Waals surface area contributed by atoms with Crippen molar-refractivity contribution >= 4 is 11.9 Å². The average Bonchev–Trinajstić information content (AvgIpc) is 3.18. The Hall–Kier alpha value is -1.58. The van der Waals surface area contributed by atoms with E-state index in [0.29, 0.717) is 39.2 Å². The van der Waals surface area contributed by atoms with Crippen LogP contribution in [0.25, 0.3) is 0 Å². The molecule has 3 fully saturated rings. The van der Waals surface area contributed by atoms with E-state index >= 15 is 0 Å². The molecular formula is C44H83N3O14. The third-order valence-electron chi connectivity index (χ3n) is 13.4. The van der Waals surface area contributed by atoms with Gasteiger partial charge in [-0.05, 0) is 94.7 Å². The predicted octanol–water partition coefficient (Wildman–Crippen LogP) is 1.81. The number of cyclic esters (lactones) is 1. The Morgan fingerprint density at radius 2 is 1.61 bits per heavy atom. The maximum absolute atomic E-state index is 14.4. The highest BCUT2D eigenvalue weighted by atomic mass is 16.7. The first kappa shape index (κ1) is 53.8. The molecule has 0 unspecified atom stereocenters. The van der Waals surface area contributed by atoms with Gasteiger partial charge < -0.3 is 68.9 Å². The van der Waals surface area contributed by atoms with Gasteiger partial charge >= 0.3 is 11.9 Å². The molecule has 18 atom stereocenters. The number of ether oxygens (including phenoxy) is 7. The molecule has 17 heteroatoms. The number of nitrogens with zero attached hydrogens (tertiary/aromatic N) is 2. The van der Waals surface area contributed by atoms with Crippen LogP contribution in [0.4, 0.5) is 0 Å². The molecule has 3 aliphatic heterocycles. The molecule has 3 heterocycles. The van der Waals surface area contributed by atoms with Gasteiger partial charge in [0.1, 0.15) is 30.0 Å². The molecule has 6 N–H and O–H groups in total. The zero-order valence-electron chi connectivity index (χ0n) is 39.5. The summed E-state index contributed by atoms with van der Waals surface area (Å²) in [7, 11) is 5.25. The molecule has 0 amide bonds. The van der Waals surface area contributed by atoms with Gasteiger partial charge in [0.25, 0.3) is 0 Å². The Balaban J connectivity index is 2.14. The van der Waals surface area contributed by atoms with Crippen molar-refractivity contribution in [1.82, 2.24) is 15.1 Å². The minimum absolute atomic E-state index is 0.106. The molecule has 17 nitrogen and oxygen atoms in total. The third kappa shape index (κ3) is 13.7. The van der Waals surface area contributed by atoms with Crippen molar-refractivity contribution in [2.45, 2.75) is 199 Å². The highest BCUT2D eigenvalue weighted by Gasteiger charge is 2.53. The molecular weight excluding hydrogens is 794 g/mol. The number of aliphatic hydroxyl groups is 5. The van der Waals surface area contributed by atoms with Crippen LogP contribution in [0.1, 0.15) is 108 Å². The van der Waals surface area contributed by atoms with Crippen molar-refractivity contribution in [2.75, 3.05) is 54.0 Å². The smallest absolute Gasteiger partial charge is 0.311 e.